The summed E-state index contributed by atoms with van der Waals surface area (Å²) in [5.74, 6) is 3.23. The number of fused-ring (bicyclic) bond motifs is 1. The van der Waals surface area contributed by atoms with E-state index >= 15 is 0 Å². The third kappa shape index (κ3) is 3.22. The smallest absolute Gasteiger partial charge is 0.126 e. The van der Waals surface area contributed by atoms with Gasteiger partial charge in [-0.2, -0.15) is 0 Å². The minimum absolute atomic E-state index is 0.224. The molecule has 4 rings (SSSR count). The Morgan fingerprint density at radius 2 is 1.32 bits per heavy atom. The fraction of sp³-hybridized carbons (Fsp3) is 0.280. The molecule has 3 heteroatoms. The van der Waals surface area contributed by atoms with Crippen LogP contribution < -0.4 is 14.2 Å². The maximum Gasteiger partial charge on any atom is 0.126 e. The first-order chi connectivity index (χ1) is 13.6. The third-order valence-corrected chi connectivity index (χ3v) is 5.87. The van der Waals surface area contributed by atoms with Crippen LogP contribution in [0.2, 0.25) is 0 Å². The summed E-state index contributed by atoms with van der Waals surface area (Å²) in [6.45, 7) is 4.93. The average molecular weight is 374 g/mol. The van der Waals surface area contributed by atoms with Crippen molar-refractivity contribution in [2.45, 2.75) is 25.7 Å². The number of aryl methyl sites for hydroxylation is 1. The van der Waals surface area contributed by atoms with Crippen molar-refractivity contribution in [2.24, 2.45) is 0 Å². The summed E-state index contributed by atoms with van der Waals surface area (Å²) in [6, 6.07) is 21.2. The van der Waals surface area contributed by atoms with Crippen molar-refractivity contribution >= 4 is 0 Å². The topological polar surface area (TPSA) is 27.7 Å². The van der Waals surface area contributed by atoms with Gasteiger partial charge in [0.25, 0.3) is 0 Å². The van der Waals surface area contributed by atoms with Gasteiger partial charge >= 0.3 is 0 Å². The van der Waals surface area contributed by atoms with Crippen LogP contribution in [-0.2, 0) is 0 Å². The Hall–Kier alpha value is -2.94. The summed E-state index contributed by atoms with van der Waals surface area (Å²) in [6.07, 6.45) is 0. The molecule has 144 valence electrons. The molecule has 0 spiro atoms. The van der Waals surface area contributed by atoms with Gasteiger partial charge in [0.2, 0.25) is 0 Å². The Bertz CT molecular complexity index is 958. The SMILES string of the molecule is COc1ccc([C@@H]2c3ccc(C)c(C)c3OC[C@@H]2c2ccc(OC)cc2)cc1. The first kappa shape index (κ1) is 18.4. The lowest BCUT2D eigenvalue weighted by Crippen LogP contribution is -2.26. The van der Waals surface area contributed by atoms with Crippen molar-refractivity contribution in [3.8, 4) is 17.2 Å². The number of benzene rings is 3. The van der Waals surface area contributed by atoms with Gasteiger partial charge < -0.3 is 14.2 Å². The summed E-state index contributed by atoms with van der Waals surface area (Å²) < 4.78 is 17.0. The zero-order chi connectivity index (χ0) is 19.7. The van der Waals surface area contributed by atoms with Crippen LogP contribution in [0.3, 0.4) is 0 Å². The van der Waals surface area contributed by atoms with Crippen LogP contribution in [0, 0.1) is 13.8 Å². The Kier molecular flexibility index (Phi) is 4.99. The minimum atomic E-state index is 0.224. The van der Waals surface area contributed by atoms with Gasteiger partial charge in [0.05, 0.1) is 20.8 Å². The molecular formula is C25H26O3. The van der Waals surface area contributed by atoms with E-state index in [1.165, 1.54) is 27.8 Å². The van der Waals surface area contributed by atoms with Gasteiger partial charge in [0.1, 0.15) is 17.2 Å². The molecule has 0 unspecified atom stereocenters. The standard InChI is InChI=1S/C25H26O3/c1-16-5-14-22-24(19-8-12-21(27-4)13-9-19)23(15-28-25(22)17(16)2)18-6-10-20(26-3)11-7-18/h5-14,23-24H,15H2,1-4H3/t23-,24-/m1/s1. The van der Waals surface area contributed by atoms with E-state index in [0.29, 0.717) is 6.61 Å². The summed E-state index contributed by atoms with van der Waals surface area (Å²) in [7, 11) is 3.39. The van der Waals surface area contributed by atoms with E-state index in [1.54, 1.807) is 14.2 Å². The van der Waals surface area contributed by atoms with E-state index < -0.39 is 0 Å². The van der Waals surface area contributed by atoms with Crippen LogP contribution in [-0.4, -0.2) is 20.8 Å². The minimum Gasteiger partial charge on any atom is -0.497 e. The molecule has 1 aliphatic heterocycles. The molecular weight excluding hydrogens is 348 g/mol. The molecule has 0 bridgehead atoms. The maximum atomic E-state index is 6.30. The number of ether oxygens (including phenoxy) is 3. The fourth-order valence-corrected chi connectivity index (χ4v) is 4.10. The normalized spacial score (nSPS) is 18.1. The first-order valence-corrected chi connectivity index (χ1v) is 9.63. The van der Waals surface area contributed by atoms with Crippen LogP contribution in [0.5, 0.6) is 17.2 Å². The molecule has 2 atom stereocenters. The molecule has 3 nitrogen and oxygen atoms in total. The van der Waals surface area contributed by atoms with Gasteiger partial charge in [-0.05, 0) is 60.4 Å². The number of methoxy groups -OCH3 is 2. The van der Waals surface area contributed by atoms with E-state index in [0.717, 1.165) is 17.2 Å². The largest absolute Gasteiger partial charge is 0.497 e. The molecule has 0 aromatic heterocycles. The molecule has 1 aliphatic rings. The summed E-state index contributed by atoms with van der Waals surface area (Å²) >= 11 is 0. The van der Waals surface area contributed by atoms with Gasteiger partial charge in [-0.1, -0.05) is 36.4 Å². The molecule has 0 fully saturated rings. The number of hydrogen-bond donors (Lipinski definition) is 0. The number of hydrogen-bond acceptors (Lipinski definition) is 3. The van der Waals surface area contributed by atoms with Gasteiger partial charge in [-0.3, -0.25) is 0 Å². The molecule has 28 heavy (non-hydrogen) atoms. The van der Waals surface area contributed by atoms with Crippen LogP contribution in [0.1, 0.15) is 39.7 Å². The summed E-state index contributed by atoms with van der Waals surface area (Å²) in [5, 5.41) is 0. The van der Waals surface area contributed by atoms with Crippen molar-refractivity contribution in [3.05, 3.63) is 88.5 Å². The second kappa shape index (κ2) is 7.59. The highest BCUT2D eigenvalue weighted by atomic mass is 16.5. The lowest BCUT2D eigenvalue weighted by Gasteiger charge is -2.35. The molecule has 0 saturated heterocycles. The summed E-state index contributed by atoms with van der Waals surface area (Å²) in [5.41, 5.74) is 6.26. The summed E-state index contributed by atoms with van der Waals surface area (Å²) in [4.78, 5) is 0. The predicted molar refractivity (Wildman–Crippen MR) is 112 cm³/mol. The van der Waals surface area contributed by atoms with Crippen molar-refractivity contribution < 1.29 is 14.2 Å². The predicted octanol–water partition coefficient (Wildman–Crippen LogP) is 5.63. The second-order valence-corrected chi connectivity index (χ2v) is 7.37. The van der Waals surface area contributed by atoms with E-state index in [4.69, 9.17) is 14.2 Å². The Morgan fingerprint density at radius 3 is 1.89 bits per heavy atom. The molecule has 0 amide bonds. The van der Waals surface area contributed by atoms with Crippen LogP contribution in [0.4, 0.5) is 0 Å². The monoisotopic (exact) mass is 374 g/mol. The maximum absolute atomic E-state index is 6.30. The lowest BCUT2D eigenvalue weighted by molar-refractivity contribution is 0.247. The average Bonchev–Trinajstić information content (AvgIpc) is 2.76. The molecule has 3 aromatic carbocycles. The Morgan fingerprint density at radius 1 is 0.750 bits per heavy atom. The molecule has 0 aliphatic carbocycles. The molecule has 0 radical (unpaired) electrons. The highest BCUT2D eigenvalue weighted by molar-refractivity contribution is 5.54. The van der Waals surface area contributed by atoms with Crippen molar-refractivity contribution in [1.82, 2.24) is 0 Å². The van der Waals surface area contributed by atoms with Gasteiger partial charge in [-0.15, -0.1) is 0 Å². The van der Waals surface area contributed by atoms with Gasteiger partial charge in [0, 0.05) is 17.4 Å². The Labute approximate surface area is 166 Å². The Balaban J connectivity index is 1.83. The van der Waals surface area contributed by atoms with Crippen molar-refractivity contribution in [2.75, 3.05) is 20.8 Å². The second-order valence-electron chi connectivity index (χ2n) is 7.37. The van der Waals surface area contributed by atoms with E-state index in [9.17, 15) is 0 Å². The molecule has 0 saturated carbocycles. The zero-order valence-electron chi connectivity index (χ0n) is 16.9. The van der Waals surface area contributed by atoms with E-state index in [2.05, 4.69) is 50.2 Å². The van der Waals surface area contributed by atoms with Crippen LogP contribution >= 0.6 is 0 Å². The van der Waals surface area contributed by atoms with Gasteiger partial charge in [0.15, 0.2) is 0 Å². The number of rotatable bonds is 4. The molecule has 3 aromatic rings. The molecule has 1 heterocycles. The highest BCUT2D eigenvalue weighted by Crippen LogP contribution is 2.48. The highest BCUT2D eigenvalue weighted by Gasteiger charge is 2.34. The van der Waals surface area contributed by atoms with Gasteiger partial charge in [-0.25, -0.2) is 0 Å². The zero-order valence-corrected chi connectivity index (χ0v) is 16.9. The first-order valence-electron chi connectivity index (χ1n) is 9.63. The lowest BCUT2D eigenvalue weighted by atomic mass is 9.75. The van der Waals surface area contributed by atoms with Crippen molar-refractivity contribution in [1.29, 1.82) is 0 Å². The molecule has 0 N–H and O–H groups in total. The van der Waals surface area contributed by atoms with E-state index in [1.807, 2.05) is 24.3 Å². The van der Waals surface area contributed by atoms with Crippen LogP contribution in [0.15, 0.2) is 60.7 Å². The van der Waals surface area contributed by atoms with Crippen LogP contribution in [0.25, 0.3) is 0 Å². The fourth-order valence-electron chi connectivity index (χ4n) is 4.10. The van der Waals surface area contributed by atoms with Crippen molar-refractivity contribution in [3.63, 3.8) is 0 Å². The quantitative estimate of drug-likeness (QED) is 0.592. The third-order valence-electron chi connectivity index (χ3n) is 5.87. The van der Waals surface area contributed by atoms with E-state index in [-0.39, 0.29) is 11.8 Å².